The number of rotatable bonds is 7. The Labute approximate surface area is 262 Å². The van der Waals surface area contributed by atoms with E-state index in [1.807, 2.05) is 0 Å². The Morgan fingerprint density at radius 2 is 1.24 bits per heavy atom. The molecule has 3 heteroatoms. The number of benzene rings is 3. The third kappa shape index (κ3) is 5.18. The summed E-state index contributed by atoms with van der Waals surface area (Å²) in [6, 6.07) is 27.6. The van der Waals surface area contributed by atoms with Crippen LogP contribution in [0, 0.1) is 17.8 Å². The topological polar surface area (TPSA) is 0 Å². The third-order valence-electron chi connectivity index (χ3n) is 8.36. The van der Waals surface area contributed by atoms with Gasteiger partial charge in [-0.05, 0) is 68.5 Å². The molecule has 3 aliphatic rings. The van der Waals surface area contributed by atoms with Crippen LogP contribution in [0.2, 0.25) is 0 Å². The van der Waals surface area contributed by atoms with Gasteiger partial charge in [-0.2, -0.15) is 0 Å². The van der Waals surface area contributed by atoms with Crippen molar-refractivity contribution in [2.75, 3.05) is 0 Å². The fraction of sp³-hybridized carbons (Fsp3) is 0.294. The van der Waals surface area contributed by atoms with E-state index in [4.69, 9.17) is 0 Å². The van der Waals surface area contributed by atoms with E-state index in [9.17, 15) is 0 Å². The zero-order valence-electron chi connectivity index (χ0n) is 21.6. The maximum atomic E-state index is 2.45. The summed E-state index contributed by atoms with van der Waals surface area (Å²) in [7, 11) is 0. The van der Waals surface area contributed by atoms with E-state index in [2.05, 4.69) is 111 Å². The maximum Gasteiger partial charge on any atom is 0.0249 e. The molecule has 0 fully saturated rings. The van der Waals surface area contributed by atoms with Crippen LogP contribution in [0.1, 0.15) is 56.6 Å². The second-order valence-corrected chi connectivity index (χ2v) is 10.2. The number of hydrogen-bond acceptors (Lipinski definition) is 0. The molecule has 0 bridgehead atoms. The van der Waals surface area contributed by atoms with Crippen molar-refractivity contribution in [3.05, 3.63) is 119 Å². The van der Waals surface area contributed by atoms with Crippen molar-refractivity contribution in [1.82, 2.24) is 0 Å². The van der Waals surface area contributed by atoms with Gasteiger partial charge in [0.2, 0.25) is 0 Å². The van der Waals surface area contributed by atoms with Crippen LogP contribution in [0.25, 0.3) is 22.3 Å². The third-order valence-corrected chi connectivity index (χ3v) is 8.36. The summed E-state index contributed by atoms with van der Waals surface area (Å²) in [4.78, 5) is 0. The normalized spacial score (nSPS) is 17.9. The van der Waals surface area contributed by atoms with Gasteiger partial charge in [0.15, 0.2) is 0 Å². The van der Waals surface area contributed by atoms with Crippen molar-refractivity contribution in [2.24, 2.45) is 17.8 Å². The van der Waals surface area contributed by atoms with E-state index in [-0.39, 0.29) is 59.8 Å². The van der Waals surface area contributed by atoms with Gasteiger partial charge in [-0.3, -0.25) is 0 Å². The largest absolute Gasteiger partial charge is 1.00 e. The molecule has 3 atom stereocenters. The second kappa shape index (κ2) is 13.2. The molecule has 0 nitrogen and oxygen atoms in total. The monoisotopic (exact) mass is 780 g/mol. The molecule has 6 rings (SSSR count). The molecule has 0 aliphatic heterocycles. The van der Waals surface area contributed by atoms with E-state index in [1.54, 1.807) is 16.7 Å². The zero-order chi connectivity index (χ0) is 23.1. The molecule has 0 heterocycles. The molecule has 190 valence electrons. The summed E-state index contributed by atoms with van der Waals surface area (Å²) in [5, 5.41) is 2.95. The van der Waals surface area contributed by atoms with Crippen molar-refractivity contribution in [3.8, 4) is 11.1 Å². The van der Waals surface area contributed by atoms with Gasteiger partial charge < -0.3 is 34.0 Å². The molecule has 3 aromatic rings. The molecule has 3 aliphatic carbocycles. The average Bonchev–Trinajstić information content (AvgIpc) is 3.40. The fourth-order valence-electron chi connectivity index (χ4n) is 7.16. The molecule has 0 saturated heterocycles. The van der Waals surface area contributed by atoms with Crippen LogP contribution in [0.3, 0.4) is 0 Å². The van der Waals surface area contributed by atoms with Crippen molar-refractivity contribution in [1.29, 1.82) is 0 Å². The molecule has 0 N–H and O–H groups in total. The predicted octanol–water partition coefficient (Wildman–Crippen LogP) is 1.39. The van der Waals surface area contributed by atoms with Crippen molar-refractivity contribution >= 4 is 11.1 Å². The Morgan fingerprint density at radius 3 is 1.86 bits per heavy atom. The smallest absolute Gasteiger partial charge is 0.0249 e. The maximum absolute atomic E-state index is 2.45. The Hall–Kier alpha value is -1.29. The van der Waals surface area contributed by atoms with Gasteiger partial charge in [-0.15, -0.1) is 0 Å². The van der Waals surface area contributed by atoms with E-state index in [0.29, 0.717) is 23.7 Å². The van der Waals surface area contributed by atoms with E-state index < -0.39 is 0 Å². The first-order chi connectivity index (χ1) is 16.8. The van der Waals surface area contributed by atoms with Gasteiger partial charge in [-0.1, -0.05) is 124 Å². The second-order valence-electron chi connectivity index (χ2n) is 10.2. The Balaban J connectivity index is 0.00000127. The summed E-state index contributed by atoms with van der Waals surface area (Å²) < 4.78 is 0. The van der Waals surface area contributed by atoms with Crippen molar-refractivity contribution < 1.29 is 59.8 Å². The number of hydrogen-bond donors (Lipinski definition) is 0. The first kappa shape index (κ1) is 30.3. The molecule has 0 saturated carbocycles. The average molecular weight is 781 g/mol. The zero-order valence-corrected chi connectivity index (χ0v) is 28.4. The standard InChI is InChI=1S/C34H34.2BrH.Hf/c1-3-13-27(33-29-19-9-5-15-23(29)24-16-6-10-20-30(24)33)28(14-4-2)34-31-21-11-7-17-25(31)26-18-8-12-22-32(26)34;;;/h5-12,15-22,27-29,34H,3-4,13-14H2,1-2H3;2*1H;/p-2. The van der Waals surface area contributed by atoms with Gasteiger partial charge in [0.1, 0.15) is 0 Å². The number of allylic oxidation sites excluding steroid dienone is 4. The Bertz CT molecular complexity index is 1370. The van der Waals surface area contributed by atoms with Gasteiger partial charge in [0.25, 0.3) is 0 Å². The minimum atomic E-state index is 0. The molecule has 3 aromatic carbocycles. The molecule has 37 heavy (non-hydrogen) atoms. The number of fused-ring (bicyclic) bond motifs is 5. The molecule has 0 radical (unpaired) electrons. The van der Waals surface area contributed by atoms with Crippen LogP contribution in [-0.4, -0.2) is 0 Å². The molecule has 0 spiro atoms. The van der Waals surface area contributed by atoms with Gasteiger partial charge in [-0.25, -0.2) is 0 Å². The van der Waals surface area contributed by atoms with Gasteiger partial charge >= 0.3 is 0 Å². The summed E-state index contributed by atoms with van der Waals surface area (Å²) >= 11 is 0. The van der Waals surface area contributed by atoms with Crippen LogP contribution >= 0.6 is 0 Å². The molecule has 0 amide bonds. The predicted molar refractivity (Wildman–Crippen MR) is 145 cm³/mol. The summed E-state index contributed by atoms with van der Waals surface area (Å²) in [5.41, 5.74) is 9.15. The fourth-order valence-corrected chi connectivity index (χ4v) is 7.16. The first-order valence-corrected chi connectivity index (χ1v) is 13.2. The Morgan fingerprint density at radius 1 is 0.676 bits per heavy atom. The van der Waals surface area contributed by atoms with E-state index >= 15 is 0 Å². The van der Waals surface area contributed by atoms with Crippen LogP contribution in [0.4, 0.5) is 0 Å². The summed E-state index contributed by atoms with van der Waals surface area (Å²) in [5.74, 6) is 2.05. The molecular formula is C34H34Br2Hf-2. The van der Waals surface area contributed by atoms with Gasteiger partial charge in [0, 0.05) is 37.7 Å². The van der Waals surface area contributed by atoms with Gasteiger partial charge in [0.05, 0.1) is 0 Å². The molecule has 3 unspecified atom stereocenters. The van der Waals surface area contributed by atoms with Crippen molar-refractivity contribution in [2.45, 2.75) is 45.4 Å². The van der Waals surface area contributed by atoms with E-state index in [0.717, 1.165) is 0 Å². The minimum absolute atomic E-state index is 0. The quantitative estimate of drug-likeness (QED) is 0.319. The summed E-state index contributed by atoms with van der Waals surface area (Å²) in [6.07, 6.45) is 14.2. The minimum Gasteiger partial charge on any atom is -1.00 e. The van der Waals surface area contributed by atoms with Crippen LogP contribution in [0.5, 0.6) is 0 Å². The van der Waals surface area contributed by atoms with Crippen molar-refractivity contribution in [3.63, 3.8) is 0 Å². The van der Waals surface area contributed by atoms with Crippen LogP contribution in [0.15, 0.2) is 97.1 Å². The number of halogens is 2. The Kier molecular flexibility index (Phi) is 10.8. The SMILES string of the molecule is CCCC(C1=c2ccccc2=C2C=CC=CC21)C(CCC)C1c2ccccc2-c2ccccc21.[Br-].[Br-].[Hf]. The van der Waals surface area contributed by atoms with Crippen LogP contribution in [-0.2, 0) is 25.8 Å². The van der Waals surface area contributed by atoms with E-state index in [1.165, 1.54) is 52.8 Å². The molecular weight excluding hydrogens is 747 g/mol. The molecule has 0 aromatic heterocycles. The first-order valence-electron chi connectivity index (χ1n) is 13.2. The summed E-state index contributed by atoms with van der Waals surface area (Å²) in [6.45, 7) is 4.74. The van der Waals surface area contributed by atoms with Crippen LogP contribution < -0.4 is 44.4 Å².